The Labute approximate surface area is 149 Å². The first-order valence-corrected chi connectivity index (χ1v) is 9.16. The molecule has 4 nitrogen and oxygen atoms in total. The number of benzene rings is 1. The molecule has 2 aliphatic heterocycles. The van der Waals surface area contributed by atoms with Gasteiger partial charge in [0.05, 0.1) is 0 Å². The van der Waals surface area contributed by atoms with Crippen LogP contribution in [0.25, 0.3) is 11.1 Å². The Kier molecular flexibility index (Phi) is 4.30. The molecule has 1 amide bonds. The Bertz CT molecular complexity index is 788. The highest BCUT2D eigenvalue weighted by Crippen LogP contribution is 2.29. The second-order valence-electron chi connectivity index (χ2n) is 7.36. The Balaban J connectivity index is 1.59. The molecule has 4 rings (SSSR count). The van der Waals surface area contributed by atoms with Gasteiger partial charge < -0.3 is 4.90 Å². The van der Waals surface area contributed by atoms with Gasteiger partial charge in [-0.15, -0.1) is 0 Å². The second kappa shape index (κ2) is 6.60. The summed E-state index contributed by atoms with van der Waals surface area (Å²) < 4.78 is 0. The molecule has 2 aliphatic rings. The molecule has 0 aliphatic carbocycles. The molecule has 2 atom stereocenters. The normalized spacial score (nSPS) is 23.5. The van der Waals surface area contributed by atoms with E-state index in [0.717, 1.165) is 41.8 Å². The van der Waals surface area contributed by atoms with Gasteiger partial charge in [0.1, 0.15) is 0 Å². The number of likely N-dealkylation sites (tertiary alicyclic amines) is 1. The number of nitrogens with zero attached hydrogens (tertiary/aromatic N) is 3. The number of hydrogen-bond acceptors (Lipinski definition) is 3. The topological polar surface area (TPSA) is 36.4 Å². The number of aryl methyl sites for hydroxylation is 1. The smallest absolute Gasteiger partial charge is 0.253 e. The number of pyridine rings is 1. The number of hydrogen-bond donors (Lipinski definition) is 0. The molecule has 2 bridgehead atoms. The highest BCUT2D eigenvalue weighted by atomic mass is 16.2. The molecular weight excluding hydrogens is 310 g/mol. The van der Waals surface area contributed by atoms with Gasteiger partial charge in [0.2, 0.25) is 0 Å². The third-order valence-corrected chi connectivity index (χ3v) is 5.88. The van der Waals surface area contributed by atoms with Crippen molar-refractivity contribution < 1.29 is 4.79 Å². The fourth-order valence-corrected chi connectivity index (χ4v) is 4.29. The first kappa shape index (κ1) is 16.3. The molecule has 1 aromatic heterocycles. The van der Waals surface area contributed by atoms with Crippen molar-refractivity contribution in [1.29, 1.82) is 0 Å². The van der Waals surface area contributed by atoms with Gasteiger partial charge in [-0.3, -0.25) is 14.7 Å². The minimum Gasteiger partial charge on any atom is -0.337 e. The molecule has 0 spiro atoms. The summed E-state index contributed by atoms with van der Waals surface area (Å²) in [7, 11) is 2.21. The lowest BCUT2D eigenvalue weighted by Crippen LogP contribution is -2.39. The van der Waals surface area contributed by atoms with E-state index >= 15 is 0 Å². The van der Waals surface area contributed by atoms with Crippen LogP contribution in [-0.2, 0) is 0 Å². The van der Waals surface area contributed by atoms with E-state index in [2.05, 4.69) is 34.8 Å². The summed E-state index contributed by atoms with van der Waals surface area (Å²) in [5.74, 6) is 0.162. The van der Waals surface area contributed by atoms with E-state index in [1.807, 2.05) is 30.5 Å². The van der Waals surface area contributed by atoms with Crippen LogP contribution in [0.5, 0.6) is 0 Å². The van der Waals surface area contributed by atoms with Crippen LogP contribution in [0.4, 0.5) is 0 Å². The van der Waals surface area contributed by atoms with Crippen LogP contribution in [0, 0.1) is 6.92 Å². The predicted octanol–water partition coefficient (Wildman–Crippen LogP) is 3.37. The summed E-state index contributed by atoms with van der Waals surface area (Å²) >= 11 is 0. The van der Waals surface area contributed by atoms with Crippen molar-refractivity contribution in [2.75, 3.05) is 20.1 Å². The van der Waals surface area contributed by atoms with Gasteiger partial charge in [-0.25, -0.2) is 0 Å². The number of carbonyl (C=O) groups excluding carboxylic acids is 1. The van der Waals surface area contributed by atoms with Crippen molar-refractivity contribution >= 4 is 5.91 Å². The van der Waals surface area contributed by atoms with Gasteiger partial charge in [0.15, 0.2) is 0 Å². The zero-order valence-electron chi connectivity index (χ0n) is 15.0. The van der Waals surface area contributed by atoms with Crippen LogP contribution in [0.3, 0.4) is 0 Å². The van der Waals surface area contributed by atoms with Crippen molar-refractivity contribution in [3.63, 3.8) is 0 Å². The Morgan fingerprint density at radius 2 is 2.00 bits per heavy atom. The number of likely N-dealkylation sites (N-methyl/N-ethyl adjacent to an activating group) is 1. The summed E-state index contributed by atoms with van der Waals surface area (Å²) in [6.45, 7) is 3.77. The Morgan fingerprint density at radius 3 is 2.84 bits per heavy atom. The maximum Gasteiger partial charge on any atom is 0.253 e. The zero-order valence-corrected chi connectivity index (χ0v) is 15.0. The molecular formula is C21H25N3O. The lowest BCUT2D eigenvalue weighted by Gasteiger charge is -2.26. The van der Waals surface area contributed by atoms with Crippen LogP contribution in [0.15, 0.2) is 42.7 Å². The SMILES string of the molecule is Cc1cnccc1-c1cccc(C(=O)N2CCC3CCC(C2)N3C)c1. The molecule has 130 valence electrons. The monoisotopic (exact) mass is 335 g/mol. The summed E-state index contributed by atoms with van der Waals surface area (Å²) in [6, 6.07) is 11.2. The summed E-state index contributed by atoms with van der Waals surface area (Å²) in [5, 5.41) is 0. The summed E-state index contributed by atoms with van der Waals surface area (Å²) in [4.78, 5) is 21.8. The quantitative estimate of drug-likeness (QED) is 0.844. The molecule has 0 radical (unpaired) electrons. The van der Waals surface area contributed by atoms with Crippen LogP contribution in [0.2, 0.25) is 0 Å². The molecule has 3 heterocycles. The first-order valence-electron chi connectivity index (χ1n) is 9.16. The fourth-order valence-electron chi connectivity index (χ4n) is 4.29. The van der Waals surface area contributed by atoms with Gasteiger partial charge in [0, 0.05) is 43.1 Å². The number of fused-ring (bicyclic) bond motifs is 2. The second-order valence-corrected chi connectivity index (χ2v) is 7.36. The zero-order chi connectivity index (χ0) is 17.4. The van der Waals surface area contributed by atoms with E-state index in [4.69, 9.17) is 0 Å². The minimum atomic E-state index is 0.162. The van der Waals surface area contributed by atoms with Gasteiger partial charge in [-0.1, -0.05) is 12.1 Å². The molecule has 1 aromatic carbocycles. The third kappa shape index (κ3) is 3.07. The maximum atomic E-state index is 13.1. The Morgan fingerprint density at radius 1 is 1.16 bits per heavy atom. The van der Waals surface area contributed by atoms with E-state index in [0.29, 0.717) is 12.1 Å². The van der Waals surface area contributed by atoms with Crippen LogP contribution >= 0.6 is 0 Å². The molecule has 0 N–H and O–H groups in total. The number of amides is 1. The van der Waals surface area contributed by atoms with Crippen molar-refractivity contribution in [2.24, 2.45) is 0 Å². The van der Waals surface area contributed by atoms with Crippen LogP contribution in [0.1, 0.15) is 35.2 Å². The molecule has 0 saturated carbocycles. The highest BCUT2D eigenvalue weighted by Gasteiger charge is 2.36. The first-order chi connectivity index (χ1) is 12.1. The van der Waals surface area contributed by atoms with Gasteiger partial charge >= 0.3 is 0 Å². The molecule has 2 unspecified atom stereocenters. The van der Waals surface area contributed by atoms with Crippen LogP contribution in [-0.4, -0.2) is 52.9 Å². The predicted molar refractivity (Wildman–Crippen MR) is 99.5 cm³/mol. The number of carbonyl (C=O) groups is 1. The summed E-state index contributed by atoms with van der Waals surface area (Å²) in [6.07, 6.45) is 7.24. The Hall–Kier alpha value is -2.20. The van der Waals surface area contributed by atoms with Gasteiger partial charge in [-0.2, -0.15) is 0 Å². The van der Waals surface area contributed by atoms with E-state index in [9.17, 15) is 4.79 Å². The molecule has 2 saturated heterocycles. The lowest BCUT2D eigenvalue weighted by atomic mass is 10.00. The average Bonchev–Trinajstić information content (AvgIpc) is 2.87. The lowest BCUT2D eigenvalue weighted by molar-refractivity contribution is 0.0740. The maximum absolute atomic E-state index is 13.1. The van der Waals surface area contributed by atoms with Crippen molar-refractivity contribution in [1.82, 2.24) is 14.8 Å². The summed E-state index contributed by atoms with van der Waals surface area (Å²) in [5.41, 5.74) is 4.13. The molecule has 4 heteroatoms. The standard InChI is InChI=1S/C21H25N3O/c1-15-13-22-10-8-20(15)16-4-3-5-17(12-16)21(25)24-11-9-18-6-7-19(14-24)23(18)2/h3-5,8,10,12-13,18-19H,6-7,9,11,14H2,1-2H3. The van der Waals surface area contributed by atoms with E-state index in [-0.39, 0.29) is 5.91 Å². The van der Waals surface area contributed by atoms with Crippen molar-refractivity contribution in [3.8, 4) is 11.1 Å². The molecule has 25 heavy (non-hydrogen) atoms. The number of aromatic nitrogens is 1. The van der Waals surface area contributed by atoms with Crippen molar-refractivity contribution in [3.05, 3.63) is 53.9 Å². The van der Waals surface area contributed by atoms with E-state index in [1.165, 1.54) is 12.8 Å². The third-order valence-electron chi connectivity index (χ3n) is 5.88. The average molecular weight is 335 g/mol. The minimum absolute atomic E-state index is 0.162. The van der Waals surface area contributed by atoms with Gasteiger partial charge in [-0.05, 0) is 68.1 Å². The van der Waals surface area contributed by atoms with E-state index in [1.54, 1.807) is 6.20 Å². The largest absolute Gasteiger partial charge is 0.337 e. The van der Waals surface area contributed by atoms with Crippen molar-refractivity contribution in [2.45, 2.75) is 38.3 Å². The molecule has 2 fully saturated rings. The molecule has 2 aromatic rings. The fraction of sp³-hybridized carbons (Fsp3) is 0.429. The highest BCUT2D eigenvalue weighted by molar-refractivity contribution is 5.95. The van der Waals surface area contributed by atoms with E-state index < -0.39 is 0 Å². The van der Waals surface area contributed by atoms with Crippen LogP contribution < -0.4 is 0 Å². The number of rotatable bonds is 2. The van der Waals surface area contributed by atoms with Gasteiger partial charge in [0.25, 0.3) is 5.91 Å².